The van der Waals surface area contributed by atoms with E-state index in [4.69, 9.17) is 10.5 Å². The summed E-state index contributed by atoms with van der Waals surface area (Å²) in [7, 11) is 0. The standard InChI is InChI=1S/C12H18FNO/c1-4-15-8-12(3,14)10-5-6-11(13)9(2)7-10/h5-7H,4,8,14H2,1-3H3. The van der Waals surface area contributed by atoms with Crippen molar-refractivity contribution in [3.8, 4) is 0 Å². The molecule has 1 aromatic rings. The minimum Gasteiger partial charge on any atom is -0.379 e. The molecule has 0 aliphatic rings. The summed E-state index contributed by atoms with van der Waals surface area (Å²) < 4.78 is 18.4. The highest BCUT2D eigenvalue weighted by atomic mass is 19.1. The van der Waals surface area contributed by atoms with Crippen LogP contribution in [0.1, 0.15) is 25.0 Å². The number of benzene rings is 1. The molecule has 0 fully saturated rings. The first-order chi connectivity index (χ1) is 6.97. The van der Waals surface area contributed by atoms with Gasteiger partial charge in [0.25, 0.3) is 0 Å². The average molecular weight is 211 g/mol. The molecular weight excluding hydrogens is 193 g/mol. The lowest BCUT2D eigenvalue weighted by molar-refractivity contribution is 0.101. The molecule has 0 aromatic heterocycles. The van der Waals surface area contributed by atoms with Gasteiger partial charge in [0.15, 0.2) is 0 Å². The van der Waals surface area contributed by atoms with Crippen molar-refractivity contribution in [2.24, 2.45) is 5.73 Å². The molecule has 0 aliphatic heterocycles. The summed E-state index contributed by atoms with van der Waals surface area (Å²) in [5.41, 5.74) is 7.04. The van der Waals surface area contributed by atoms with Crippen LogP contribution < -0.4 is 5.73 Å². The van der Waals surface area contributed by atoms with Gasteiger partial charge in [0.2, 0.25) is 0 Å². The maximum Gasteiger partial charge on any atom is 0.126 e. The van der Waals surface area contributed by atoms with Gasteiger partial charge < -0.3 is 10.5 Å². The highest BCUT2D eigenvalue weighted by Gasteiger charge is 2.21. The second kappa shape index (κ2) is 4.73. The summed E-state index contributed by atoms with van der Waals surface area (Å²) in [5.74, 6) is -0.203. The predicted molar refractivity (Wildman–Crippen MR) is 59.2 cm³/mol. The second-order valence-corrected chi connectivity index (χ2v) is 4.02. The third-order valence-electron chi connectivity index (χ3n) is 2.42. The van der Waals surface area contributed by atoms with Gasteiger partial charge in [0, 0.05) is 6.61 Å². The van der Waals surface area contributed by atoms with E-state index in [0.29, 0.717) is 18.8 Å². The van der Waals surface area contributed by atoms with Gasteiger partial charge in [-0.1, -0.05) is 12.1 Å². The summed E-state index contributed by atoms with van der Waals surface area (Å²) in [6.07, 6.45) is 0. The molecule has 1 unspecified atom stereocenters. The highest BCUT2D eigenvalue weighted by Crippen LogP contribution is 2.20. The highest BCUT2D eigenvalue weighted by molar-refractivity contribution is 5.29. The first-order valence-corrected chi connectivity index (χ1v) is 5.10. The van der Waals surface area contributed by atoms with E-state index in [9.17, 15) is 4.39 Å². The maximum atomic E-state index is 13.1. The number of nitrogens with two attached hydrogens (primary N) is 1. The molecule has 1 aromatic carbocycles. The molecule has 0 saturated carbocycles. The fourth-order valence-corrected chi connectivity index (χ4v) is 1.40. The molecule has 3 heteroatoms. The zero-order chi connectivity index (χ0) is 11.5. The monoisotopic (exact) mass is 211 g/mol. The van der Waals surface area contributed by atoms with Gasteiger partial charge >= 0.3 is 0 Å². The van der Waals surface area contributed by atoms with E-state index in [0.717, 1.165) is 5.56 Å². The van der Waals surface area contributed by atoms with Crippen LogP contribution in [0, 0.1) is 12.7 Å². The van der Waals surface area contributed by atoms with Gasteiger partial charge in [-0.2, -0.15) is 0 Å². The molecule has 0 radical (unpaired) electrons. The molecule has 0 saturated heterocycles. The Morgan fingerprint density at radius 3 is 2.67 bits per heavy atom. The number of hydrogen-bond acceptors (Lipinski definition) is 2. The van der Waals surface area contributed by atoms with Crippen LogP contribution in [0.15, 0.2) is 18.2 Å². The molecule has 0 spiro atoms. The molecular formula is C12H18FNO. The Morgan fingerprint density at radius 2 is 2.13 bits per heavy atom. The van der Waals surface area contributed by atoms with E-state index < -0.39 is 5.54 Å². The van der Waals surface area contributed by atoms with E-state index in [1.165, 1.54) is 6.07 Å². The van der Waals surface area contributed by atoms with Crippen molar-refractivity contribution in [1.29, 1.82) is 0 Å². The van der Waals surface area contributed by atoms with Crippen molar-refractivity contribution in [2.75, 3.05) is 13.2 Å². The molecule has 15 heavy (non-hydrogen) atoms. The van der Waals surface area contributed by atoms with Crippen LogP contribution in [0.4, 0.5) is 4.39 Å². The summed E-state index contributed by atoms with van der Waals surface area (Å²) in [6, 6.07) is 4.93. The summed E-state index contributed by atoms with van der Waals surface area (Å²) >= 11 is 0. The number of aryl methyl sites for hydroxylation is 1. The number of rotatable bonds is 4. The SMILES string of the molecule is CCOCC(C)(N)c1ccc(F)c(C)c1. The molecule has 2 nitrogen and oxygen atoms in total. The van der Waals surface area contributed by atoms with Crippen molar-refractivity contribution in [1.82, 2.24) is 0 Å². The quantitative estimate of drug-likeness (QED) is 0.829. The normalized spacial score (nSPS) is 15.0. The Morgan fingerprint density at radius 1 is 1.47 bits per heavy atom. The lowest BCUT2D eigenvalue weighted by Crippen LogP contribution is -2.38. The fourth-order valence-electron chi connectivity index (χ4n) is 1.40. The third-order valence-corrected chi connectivity index (χ3v) is 2.42. The first kappa shape index (κ1) is 12.1. The van der Waals surface area contributed by atoms with Crippen LogP contribution in [0.3, 0.4) is 0 Å². The third kappa shape index (κ3) is 3.01. The minimum atomic E-state index is -0.561. The molecule has 84 valence electrons. The summed E-state index contributed by atoms with van der Waals surface area (Å²) in [4.78, 5) is 0. The van der Waals surface area contributed by atoms with Crippen LogP contribution in [-0.4, -0.2) is 13.2 Å². The molecule has 0 aliphatic carbocycles. The minimum absolute atomic E-state index is 0.203. The van der Waals surface area contributed by atoms with Crippen molar-refractivity contribution in [2.45, 2.75) is 26.3 Å². The Kier molecular flexibility index (Phi) is 3.83. The number of halogens is 1. The second-order valence-electron chi connectivity index (χ2n) is 4.02. The predicted octanol–water partition coefficient (Wildman–Crippen LogP) is 2.34. The molecule has 1 atom stereocenters. The van der Waals surface area contributed by atoms with Crippen molar-refractivity contribution < 1.29 is 9.13 Å². The fraction of sp³-hybridized carbons (Fsp3) is 0.500. The number of ether oxygens (including phenoxy) is 1. The van der Waals surface area contributed by atoms with E-state index in [-0.39, 0.29) is 5.82 Å². The zero-order valence-electron chi connectivity index (χ0n) is 9.51. The van der Waals surface area contributed by atoms with Crippen molar-refractivity contribution >= 4 is 0 Å². The Bertz CT molecular complexity index is 336. The summed E-state index contributed by atoms with van der Waals surface area (Å²) in [6.45, 7) is 6.61. The zero-order valence-corrected chi connectivity index (χ0v) is 9.51. The van der Waals surface area contributed by atoms with E-state index in [2.05, 4.69) is 0 Å². The summed E-state index contributed by atoms with van der Waals surface area (Å²) in [5, 5.41) is 0. The average Bonchev–Trinajstić information content (AvgIpc) is 2.19. The lowest BCUT2D eigenvalue weighted by atomic mass is 9.93. The van der Waals surface area contributed by atoms with Crippen molar-refractivity contribution in [3.63, 3.8) is 0 Å². The lowest BCUT2D eigenvalue weighted by Gasteiger charge is -2.25. The molecule has 1 rings (SSSR count). The van der Waals surface area contributed by atoms with Crippen molar-refractivity contribution in [3.05, 3.63) is 35.1 Å². The number of hydrogen-bond donors (Lipinski definition) is 1. The van der Waals surface area contributed by atoms with Gasteiger partial charge in [-0.3, -0.25) is 0 Å². The largest absolute Gasteiger partial charge is 0.379 e. The molecule has 0 heterocycles. The Balaban J connectivity index is 2.89. The van der Waals surface area contributed by atoms with Crippen LogP contribution in [0.25, 0.3) is 0 Å². The maximum absolute atomic E-state index is 13.1. The smallest absolute Gasteiger partial charge is 0.126 e. The van der Waals surface area contributed by atoms with Gasteiger partial charge in [0.05, 0.1) is 12.1 Å². The van der Waals surface area contributed by atoms with Crippen LogP contribution in [-0.2, 0) is 10.3 Å². The molecule has 0 amide bonds. The van der Waals surface area contributed by atoms with E-state index >= 15 is 0 Å². The van der Waals surface area contributed by atoms with Gasteiger partial charge in [-0.05, 0) is 38.0 Å². The Labute approximate surface area is 90.2 Å². The van der Waals surface area contributed by atoms with E-state index in [1.54, 1.807) is 19.1 Å². The molecule has 0 bridgehead atoms. The molecule has 2 N–H and O–H groups in total. The van der Waals surface area contributed by atoms with Crippen LogP contribution in [0.2, 0.25) is 0 Å². The Hall–Kier alpha value is -0.930. The topological polar surface area (TPSA) is 35.2 Å². The van der Waals surface area contributed by atoms with Crippen LogP contribution in [0.5, 0.6) is 0 Å². The first-order valence-electron chi connectivity index (χ1n) is 5.10. The van der Waals surface area contributed by atoms with Crippen LogP contribution >= 0.6 is 0 Å². The van der Waals surface area contributed by atoms with Gasteiger partial charge in [-0.15, -0.1) is 0 Å². The van der Waals surface area contributed by atoms with Gasteiger partial charge in [0.1, 0.15) is 5.82 Å². The van der Waals surface area contributed by atoms with Gasteiger partial charge in [-0.25, -0.2) is 4.39 Å². The van der Waals surface area contributed by atoms with E-state index in [1.807, 2.05) is 13.8 Å².